The molecule has 0 bridgehead atoms. The number of allylic oxidation sites excluding steroid dienone is 1. The molecule has 0 aliphatic carbocycles. The maximum Gasteiger partial charge on any atom is 0.138 e. The summed E-state index contributed by atoms with van der Waals surface area (Å²) >= 11 is 0. The average Bonchev–Trinajstić information content (AvgIpc) is 2.71. The number of unbranched alkanes of at least 4 members (excludes halogenated alkanes) is 1. The highest BCUT2D eigenvalue weighted by Crippen LogP contribution is 2.29. The Morgan fingerprint density at radius 2 is 2.07 bits per heavy atom. The Kier molecular flexibility index (Phi) is 6.99. The van der Waals surface area contributed by atoms with Crippen molar-refractivity contribution in [1.82, 2.24) is 4.98 Å². The molecule has 0 fully saturated rings. The van der Waals surface area contributed by atoms with Crippen molar-refractivity contribution in [3.05, 3.63) is 79.0 Å². The van der Waals surface area contributed by atoms with Gasteiger partial charge in [0.1, 0.15) is 12.4 Å². The summed E-state index contributed by atoms with van der Waals surface area (Å²) in [6.45, 7) is 5.97. The van der Waals surface area contributed by atoms with Gasteiger partial charge in [-0.25, -0.2) is 0 Å². The highest BCUT2D eigenvalue weighted by Gasteiger charge is 2.06. The average molecular weight is 373 g/mol. The quantitative estimate of drug-likeness (QED) is 0.368. The fraction of sp³-hybridized carbons (Fsp3) is 0.240. The zero-order valence-corrected chi connectivity index (χ0v) is 16.3. The van der Waals surface area contributed by atoms with Crippen molar-refractivity contribution in [2.45, 2.75) is 32.3 Å². The summed E-state index contributed by atoms with van der Waals surface area (Å²) < 4.78 is 5.52. The van der Waals surface area contributed by atoms with E-state index in [1.54, 1.807) is 12.3 Å². The molecule has 0 spiro atoms. The molecule has 1 unspecified atom stereocenters. The molecular formula is C25H27NO2. The number of nitrogens with zero attached hydrogens (tertiary/aromatic N) is 1. The van der Waals surface area contributed by atoms with Crippen LogP contribution in [-0.4, -0.2) is 22.8 Å². The second-order valence-electron chi connectivity index (χ2n) is 6.95. The van der Waals surface area contributed by atoms with Crippen LogP contribution in [0.1, 0.15) is 31.7 Å². The molecule has 3 nitrogen and oxygen atoms in total. The van der Waals surface area contributed by atoms with E-state index in [1.165, 1.54) is 16.3 Å². The molecule has 0 aliphatic rings. The van der Waals surface area contributed by atoms with Crippen molar-refractivity contribution < 1.29 is 9.84 Å². The van der Waals surface area contributed by atoms with Gasteiger partial charge in [-0.2, -0.15) is 0 Å². The van der Waals surface area contributed by atoms with E-state index in [1.807, 2.05) is 19.1 Å². The van der Waals surface area contributed by atoms with Gasteiger partial charge in [0.15, 0.2) is 0 Å². The van der Waals surface area contributed by atoms with Crippen molar-refractivity contribution in [2.75, 3.05) is 6.61 Å². The standard InChI is InChI=1S/C25H27NO2/c1-3-16-28-22-13-15-25(26-18-22)24-11-7-10-21-17-20(12-14-23(21)24)9-6-4-5-8-19(2)27/h3,6-7,9-15,17-19,27H,1,4-5,8,16H2,2H3. The van der Waals surface area contributed by atoms with Gasteiger partial charge < -0.3 is 9.84 Å². The van der Waals surface area contributed by atoms with Crippen LogP contribution in [0.5, 0.6) is 5.75 Å². The van der Waals surface area contributed by atoms with E-state index in [-0.39, 0.29) is 6.10 Å². The molecule has 1 N–H and O–H groups in total. The highest BCUT2D eigenvalue weighted by molar-refractivity contribution is 5.96. The number of hydrogen-bond acceptors (Lipinski definition) is 3. The first-order valence-electron chi connectivity index (χ1n) is 9.75. The normalized spacial score (nSPS) is 12.4. The van der Waals surface area contributed by atoms with Crippen LogP contribution in [0.3, 0.4) is 0 Å². The van der Waals surface area contributed by atoms with E-state index in [0.717, 1.165) is 36.3 Å². The molecule has 1 atom stereocenters. The predicted molar refractivity (Wildman–Crippen MR) is 117 cm³/mol. The highest BCUT2D eigenvalue weighted by atomic mass is 16.5. The van der Waals surface area contributed by atoms with Gasteiger partial charge in [0.2, 0.25) is 0 Å². The fourth-order valence-electron chi connectivity index (χ4n) is 3.16. The summed E-state index contributed by atoms with van der Waals surface area (Å²) in [6, 6.07) is 16.7. The van der Waals surface area contributed by atoms with Crippen LogP contribution in [0.2, 0.25) is 0 Å². The van der Waals surface area contributed by atoms with Crippen LogP contribution in [0.4, 0.5) is 0 Å². The molecule has 1 aromatic heterocycles. The summed E-state index contributed by atoms with van der Waals surface area (Å²) in [4.78, 5) is 4.56. The lowest BCUT2D eigenvalue weighted by Crippen LogP contribution is -1.97. The van der Waals surface area contributed by atoms with E-state index in [9.17, 15) is 5.11 Å². The molecule has 2 aromatic carbocycles. The topological polar surface area (TPSA) is 42.4 Å². The predicted octanol–water partition coefficient (Wildman–Crippen LogP) is 6.03. The summed E-state index contributed by atoms with van der Waals surface area (Å²) in [5, 5.41) is 11.7. The van der Waals surface area contributed by atoms with Crippen LogP contribution in [0.25, 0.3) is 28.1 Å². The largest absolute Gasteiger partial charge is 0.488 e. The number of benzene rings is 2. The molecular weight excluding hydrogens is 346 g/mol. The van der Waals surface area contributed by atoms with Crippen LogP contribution >= 0.6 is 0 Å². The summed E-state index contributed by atoms with van der Waals surface area (Å²) in [5.41, 5.74) is 3.22. The number of hydrogen-bond donors (Lipinski definition) is 1. The molecule has 3 aromatic rings. The Morgan fingerprint density at radius 3 is 2.82 bits per heavy atom. The summed E-state index contributed by atoms with van der Waals surface area (Å²) in [6.07, 6.45) is 10.4. The van der Waals surface area contributed by atoms with Gasteiger partial charge in [0.25, 0.3) is 0 Å². The van der Waals surface area contributed by atoms with Gasteiger partial charge >= 0.3 is 0 Å². The van der Waals surface area contributed by atoms with E-state index in [0.29, 0.717) is 6.61 Å². The molecule has 28 heavy (non-hydrogen) atoms. The summed E-state index contributed by atoms with van der Waals surface area (Å²) in [5.74, 6) is 0.743. The van der Waals surface area contributed by atoms with E-state index in [4.69, 9.17) is 4.74 Å². The Morgan fingerprint density at radius 1 is 1.18 bits per heavy atom. The van der Waals surface area contributed by atoms with Crippen molar-refractivity contribution in [3.63, 3.8) is 0 Å². The number of ether oxygens (including phenoxy) is 1. The smallest absolute Gasteiger partial charge is 0.138 e. The Balaban J connectivity index is 1.78. The first-order valence-corrected chi connectivity index (χ1v) is 9.75. The minimum Gasteiger partial charge on any atom is -0.488 e. The molecule has 3 rings (SSSR count). The van der Waals surface area contributed by atoms with Crippen molar-refractivity contribution in [3.8, 4) is 17.0 Å². The van der Waals surface area contributed by atoms with Gasteiger partial charge in [-0.05, 0) is 60.7 Å². The maximum absolute atomic E-state index is 9.32. The monoisotopic (exact) mass is 373 g/mol. The van der Waals surface area contributed by atoms with Crippen molar-refractivity contribution in [2.24, 2.45) is 0 Å². The third kappa shape index (κ3) is 5.30. The molecule has 0 saturated heterocycles. The minimum absolute atomic E-state index is 0.219. The second kappa shape index (κ2) is 9.86. The van der Waals surface area contributed by atoms with Gasteiger partial charge in [-0.15, -0.1) is 0 Å². The van der Waals surface area contributed by atoms with Crippen LogP contribution in [-0.2, 0) is 0 Å². The number of aliphatic hydroxyl groups is 1. The molecule has 3 heteroatoms. The summed E-state index contributed by atoms with van der Waals surface area (Å²) in [7, 11) is 0. The Bertz CT molecular complexity index is 942. The lowest BCUT2D eigenvalue weighted by atomic mass is 9.99. The zero-order chi connectivity index (χ0) is 19.8. The fourth-order valence-corrected chi connectivity index (χ4v) is 3.16. The van der Waals surface area contributed by atoms with Gasteiger partial charge in [-0.3, -0.25) is 4.98 Å². The first-order chi connectivity index (χ1) is 13.7. The van der Waals surface area contributed by atoms with Gasteiger partial charge in [0, 0.05) is 5.56 Å². The zero-order valence-electron chi connectivity index (χ0n) is 16.3. The number of rotatable bonds is 9. The van der Waals surface area contributed by atoms with Gasteiger partial charge in [-0.1, -0.05) is 55.1 Å². The third-order valence-corrected chi connectivity index (χ3v) is 4.59. The number of aliphatic hydroxyl groups excluding tert-OH is 1. The SMILES string of the molecule is C=CCOc1ccc(-c2cccc3cc(C=CCCCC(C)O)ccc23)nc1. The number of aromatic nitrogens is 1. The number of pyridine rings is 1. The minimum atomic E-state index is -0.219. The number of fused-ring (bicyclic) bond motifs is 1. The van der Waals surface area contributed by atoms with Gasteiger partial charge in [0.05, 0.1) is 18.0 Å². The van der Waals surface area contributed by atoms with E-state index < -0.39 is 0 Å². The van der Waals surface area contributed by atoms with Crippen LogP contribution < -0.4 is 4.74 Å². The molecule has 0 radical (unpaired) electrons. The molecule has 144 valence electrons. The third-order valence-electron chi connectivity index (χ3n) is 4.59. The molecule has 0 amide bonds. The molecule has 1 heterocycles. The van der Waals surface area contributed by atoms with E-state index >= 15 is 0 Å². The lowest BCUT2D eigenvalue weighted by Gasteiger charge is -2.08. The maximum atomic E-state index is 9.32. The van der Waals surface area contributed by atoms with Crippen LogP contribution in [0, 0.1) is 0 Å². The Labute approximate surface area is 167 Å². The van der Waals surface area contributed by atoms with Crippen molar-refractivity contribution >= 4 is 16.8 Å². The lowest BCUT2D eigenvalue weighted by molar-refractivity contribution is 0.182. The van der Waals surface area contributed by atoms with Crippen molar-refractivity contribution in [1.29, 1.82) is 0 Å². The molecule has 0 aliphatic heterocycles. The molecule has 0 saturated carbocycles. The van der Waals surface area contributed by atoms with Crippen LogP contribution in [0.15, 0.2) is 73.5 Å². The first kappa shape index (κ1) is 19.8. The Hall–Kier alpha value is -2.91. The second-order valence-corrected chi connectivity index (χ2v) is 6.95. The van der Waals surface area contributed by atoms with E-state index in [2.05, 4.69) is 60.1 Å².